The number of amidine groups is 1. The van der Waals surface area contributed by atoms with E-state index in [2.05, 4.69) is 39.1 Å². The number of para-hydroxylation sites is 1. The molecular formula is C26H26N4O. The number of rotatable bonds is 4. The zero-order valence-electron chi connectivity index (χ0n) is 17.7. The van der Waals surface area contributed by atoms with Crippen LogP contribution in [0.2, 0.25) is 0 Å². The molecular weight excluding hydrogens is 384 g/mol. The first kappa shape index (κ1) is 19.4. The predicted octanol–water partition coefficient (Wildman–Crippen LogP) is 5.72. The van der Waals surface area contributed by atoms with E-state index < -0.39 is 0 Å². The second-order valence-electron chi connectivity index (χ2n) is 8.00. The molecule has 5 nitrogen and oxygen atoms in total. The van der Waals surface area contributed by atoms with Crippen molar-refractivity contribution in [1.29, 1.82) is 5.41 Å². The predicted molar refractivity (Wildman–Crippen MR) is 126 cm³/mol. The molecule has 156 valence electrons. The lowest BCUT2D eigenvalue weighted by Crippen LogP contribution is -2.35. The zero-order chi connectivity index (χ0) is 21.2. The highest BCUT2D eigenvalue weighted by Crippen LogP contribution is 2.36. The van der Waals surface area contributed by atoms with E-state index in [0.29, 0.717) is 5.84 Å². The molecule has 3 heterocycles. The largest absolute Gasteiger partial charge is 0.496 e. The summed E-state index contributed by atoms with van der Waals surface area (Å²) >= 11 is 0. The molecule has 31 heavy (non-hydrogen) atoms. The molecule has 0 atom stereocenters. The van der Waals surface area contributed by atoms with Gasteiger partial charge < -0.3 is 14.6 Å². The Morgan fingerprint density at radius 3 is 2.65 bits per heavy atom. The number of nitrogens with zero attached hydrogens (tertiary/aromatic N) is 2. The molecule has 2 aromatic heterocycles. The Kier molecular flexibility index (Phi) is 5.16. The smallest absolute Gasteiger partial charge is 0.137 e. The van der Waals surface area contributed by atoms with Crippen LogP contribution in [0.5, 0.6) is 5.75 Å². The molecule has 1 fully saturated rings. The van der Waals surface area contributed by atoms with E-state index in [4.69, 9.17) is 10.1 Å². The molecule has 0 saturated carbocycles. The van der Waals surface area contributed by atoms with E-state index in [-0.39, 0.29) is 0 Å². The number of nitrogens with one attached hydrogen (secondary N) is 2. The summed E-state index contributed by atoms with van der Waals surface area (Å²) in [6, 6.07) is 18.5. The number of methoxy groups -OCH3 is 1. The van der Waals surface area contributed by atoms with Crippen molar-refractivity contribution in [3.8, 4) is 28.0 Å². The van der Waals surface area contributed by atoms with Crippen LogP contribution in [0.3, 0.4) is 0 Å². The van der Waals surface area contributed by atoms with Gasteiger partial charge in [-0.25, -0.2) is 4.98 Å². The summed E-state index contributed by atoms with van der Waals surface area (Å²) in [5.41, 5.74) is 6.02. The highest BCUT2D eigenvalue weighted by atomic mass is 16.5. The second kappa shape index (κ2) is 8.26. The molecule has 0 aliphatic carbocycles. The van der Waals surface area contributed by atoms with Crippen LogP contribution in [0, 0.1) is 5.41 Å². The minimum atomic E-state index is 0.618. The number of piperidine rings is 1. The van der Waals surface area contributed by atoms with Crippen molar-refractivity contribution >= 4 is 16.9 Å². The van der Waals surface area contributed by atoms with E-state index >= 15 is 0 Å². The molecule has 2 aromatic carbocycles. The van der Waals surface area contributed by atoms with Crippen molar-refractivity contribution in [3.63, 3.8) is 0 Å². The van der Waals surface area contributed by atoms with Crippen LogP contribution in [0.1, 0.15) is 24.8 Å². The molecule has 1 aliphatic rings. The van der Waals surface area contributed by atoms with Gasteiger partial charge in [0.15, 0.2) is 0 Å². The van der Waals surface area contributed by atoms with Gasteiger partial charge in [0.05, 0.1) is 7.11 Å². The summed E-state index contributed by atoms with van der Waals surface area (Å²) in [5.74, 6) is 1.46. The summed E-state index contributed by atoms with van der Waals surface area (Å²) in [6.45, 7) is 1.95. The quantitative estimate of drug-likeness (QED) is 0.334. The third kappa shape index (κ3) is 3.67. The average molecular weight is 411 g/mol. The van der Waals surface area contributed by atoms with E-state index in [0.717, 1.165) is 57.7 Å². The molecule has 0 unspecified atom stereocenters. The van der Waals surface area contributed by atoms with Crippen LogP contribution >= 0.6 is 0 Å². The van der Waals surface area contributed by atoms with E-state index in [9.17, 15) is 0 Å². The molecule has 5 rings (SSSR count). The third-order valence-electron chi connectivity index (χ3n) is 6.07. The number of aromatic nitrogens is 2. The SMILES string of the molecule is COc1ccccc1-c1c[nH]c2ncc(-c3cccc(C(=N)N4CCCCC4)c3)cc12. The number of fused-ring (bicyclic) bond motifs is 1. The monoisotopic (exact) mass is 410 g/mol. The summed E-state index contributed by atoms with van der Waals surface area (Å²) in [4.78, 5) is 10.1. The van der Waals surface area contributed by atoms with Crippen LogP contribution in [0.4, 0.5) is 0 Å². The van der Waals surface area contributed by atoms with Gasteiger partial charge in [-0.15, -0.1) is 0 Å². The van der Waals surface area contributed by atoms with Gasteiger partial charge in [-0.1, -0.05) is 36.4 Å². The maximum Gasteiger partial charge on any atom is 0.137 e. The molecule has 0 radical (unpaired) electrons. The Morgan fingerprint density at radius 1 is 0.968 bits per heavy atom. The van der Waals surface area contributed by atoms with Gasteiger partial charge in [-0.05, 0) is 43.0 Å². The molecule has 0 spiro atoms. The number of hydrogen-bond acceptors (Lipinski definition) is 3. The molecule has 1 saturated heterocycles. The van der Waals surface area contributed by atoms with Crippen molar-refractivity contribution in [1.82, 2.24) is 14.9 Å². The van der Waals surface area contributed by atoms with Crippen molar-refractivity contribution in [2.24, 2.45) is 0 Å². The Labute approximate surface area is 182 Å². The first-order valence-electron chi connectivity index (χ1n) is 10.8. The van der Waals surface area contributed by atoms with Crippen LogP contribution in [0.15, 0.2) is 67.0 Å². The summed E-state index contributed by atoms with van der Waals surface area (Å²) in [6.07, 6.45) is 7.49. The van der Waals surface area contributed by atoms with Crippen molar-refractivity contribution < 1.29 is 4.74 Å². The van der Waals surface area contributed by atoms with Gasteiger partial charge in [0.25, 0.3) is 0 Å². The van der Waals surface area contributed by atoms with Crippen molar-refractivity contribution in [2.45, 2.75) is 19.3 Å². The maximum atomic E-state index is 8.67. The molecule has 0 bridgehead atoms. The third-order valence-corrected chi connectivity index (χ3v) is 6.07. The number of H-pyrrole nitrogens is 1. The first-order chi connectivity index (χ1) is 15.2. The number of pyridine rings is 1. The number of aromatic amines is 1. The average Bonchev–Trinajstić information content (AvgIpc) is 3.27. The van der Waals surface area contributed by atoms with Gasteiger partial charge in [0.1, 0.15) is 17.2 Å². The molecule has 4 aromatic rings. The number of benzene rings is 2. The summed E-state index contributed by atoms with van der Waals surface area (Å²) < 4.78 is 5.57. The number of hydrogen-bond donors (Lipinski definition) is 2. The van der Waals surface area contributed by atoms with Gasteiger partial charge in [0, 0.05) is 53.1 Å². The Hall–Kier alpha value is -3.60. The van der Waals surface area contributed by atoms with Crippen LogP contribution < -0.4 is 4.74 Å². The Balaban J connectivity index is 1.53. The summed E-state index contributed by atoms with van der Waals surface area (Å²) in [5, 5.41) is 9.73. The van der Waals surface area contributed by atoms with Crippen molar-refractivity contribution in [2.75, 3.05) is 20.2 Å². The van der Waals surface area contributed by atoms with Gasteiger partial charge in [0.2, 0.25) is 0 Å². The summed E-state index contributed by atoms with van der Waals surface area (Å²) in [7, 11) is 1.69. The highest BCUT2D eigenvalue weighted by Gasteiger charge is 2.16. The van der Waals surface area contributed by atoms with Crippen LogP contribution in [0.25, 0.3) is 33.3 Å². The van der Waals surface area contributed by atoms with Crippen molar-refractivity contribution in [3.05, 3.63) is 72.6 Å². The first-order valence-corrected chi connectivity index (χ1v) is 10.8. The Morgan fingerprint density at radius 2 is 1.81 bits per heavy atom. The van der Waals surface area contributed by atoms with Gasteiger partial charge >= 0.3 is 0 Å². The fourth-order valence-corrected chi connectivity index (χ4v) is 4.40. The van der Waals surface area contributed by atoms with E-state index in [1.54, 1.807) is 7.11 Å². The molecule has 5 heteroatoms. The number of ether oxygens (including phenoxy) is 1. The minimum Gasteiger partial charge on any atom is -0.496 e. The van der Waals surface area contributed by atoms with E-state index in [1.807, 2.05) is 42.7 Å². The molecule has 2 N–H and O–H groups in total. The van der Waals surface area contributed by atoms with Crippen LogP contribution in [-0.2, 0) is 0 Å². The highest BCUT2D eigenvalue weighted by molar-refractivity contribution is 5.99. The zero-order valence-corrected chi connectivity index (χ0v) is 17.7. The second-order valence-corrected chi connectivity index (χ2v) is 8.00. The topological polar surface area (TPSA) is 65.0 Å². The van der Waals surface area contributed by atoms with Gasteiger partial charge in [-0.2, -0.15) is 0 Å². The fraction of sp³-hybridized carbons (Fsp3) is 0.231. The van der Waals surface area contributed by atoms with E-state index in [1.165, 1.54) is 19.3 Å². The maximum absolute atomic E-state index is 8.67. The molecule has 1 aliphatic heterocycles. The van der Waals surface area contributed by atoms with Gasteiger partial charge in [-0.3, -0.25) is 5.41 Å². The van der Waals surface area contributed by atoms with Crippen LogP contribution in [-0.4, -0.2) is 40.9 Å². The molecule has 0 amide bonds. The lowest BCUT2D eigenvalue weighted by Gasteiger charge is -2.29. The normalized spacial score (nSPS) is 14.0. The lowest BCUT2D eigenvalue weighted by atomic mass is 10.00. The standard InChI is InChI=1S/C26H26N4O/c1-31-24-11-4-3-10-21(24)23-17-29-26-22(23)15-20(16-28-26)18-8-7-9-19(14-18)25(27)30-12-5-2-6-13-30/h3-4,7-11,14-17,27H,2,5-6,12-13H2,1H3,(H,28,29). The Bertz CT molecular complexity index is 1240. The minimum absolute atomic E-state index is 0.618. The number of likely N-dealkylation sites (tertiary alicyclic amines) is 1. The lowest BCUT2D eigenvalue weighted by molar-refractivity contribution is 0.341. The fourth-order valence-electron chi connectivity index (χ4n) is 4.40.